The van der Waals surface area contributed by atoms with Gasteiger partial charge in [0.05, 0.1) is 12.0 Å². The van der Waals surface area contributed by atoms with Crippen LogP contribution >= 0.6 is 0 Å². The molecule has 0 saturated carbocycles. The Hall–Kier alpha value is -1.88. The molecule has 1 aromatic rings. The third kappa shape index (κ3) is 3.78. The van der Waals surface area contributed by atoms with E-state index in [-0.39, 0.29) is 17.2 Å². The average molecular weight is 329 g/mol. The number of hydrogen-bond donors (Lipinski definition) is 1. The molecule has 1 spiro atoms. The van der Waals surface area contributed by atoms with E-state index >= 15 is 0 Å². The van der Waals surface area contributed by atoms with Crippen LogP contribution in [-0.4, -0.2) is 61.4 Å². The third-order valence-corrected chi connectivity index (χ3v) is 5.33. The molecule has 24 heavy (non-hydrogen) atoms. The number of rotatable bonds is 5. The zero-order chi connectivity index (χ0) is 17.0. The Labute approximate surface area is 144 Å². The summed E-state index contributed by atoms with van der Waals surface area (Å²) in [5, 5.41) is 2.99. The van der Waals surface area contributed by atoms with Gasteiger partial charge in [0.1, 0.15) is 0 Å². The molecule has 0 aromatic heterocycles. The molecule has 1 aromatic carbocycles. The molecular weight excluding hydrogens is 302 g/mol. The lowest BCUT2D eigenvalue weighted by Gasteiger charge is -2.37. The summed E-state index contributed by atoms with van der Waals surface area (Å²) >= 11 is 0. The number of piperidine rings is 1. The van der Waals surface area contributed by atoms with Crippen LogP contribution in [0.4, 0.5) is 0 Å². The van der Waals surface area contributed by atoms with Crippen LogP contribution < -0.4 is 5.32 Å². The summed E-state index contributed by atoms with van der Waals surface area (Å²) in [7, 11) is 1.89. The van der Waals surface area contributed by atoms with Crippen molar-refractivity contribution in [2.24, 2.45) is 5.41 Å². The van der Waals surface area contributed by atoms with Gasteiger partial charge >= 0.3 is 0 Å². The average Bonchev–Trinajstić information content (AvgIpc) is 2.97. The van der Waals surface area contributed by atoms with E-state index in [0.717, 1.165) is 45.3 Å². The molecule has 1 atom stereocenters. The molecular formula is C19H27N3O2. The molecule has 2 amide bonds. The second kappa shape index (κ2) is 7.34. The van der Waals surface area contributed by atoms with Crippen molar-refractivity contribution < 1.29 is 9.59 Å². The maximum absolute atomic E-state index is 12.5. The zero-order valence-corrected chi connectivity index (χ0v) is 14.5. The normalized spacial score (nSPS) is 24.5. The molecule has 0 radical (unpaired) electrons. The van der Waals surface area contributed by atoms with Crippen LogP contribution in [0, 0.1) is 5.41 Å². The van der Waals surface area contributed by atoms with Crippen LogP contribution in [0.25, 0.3) is 0 Å². The van der Waals surface area contributed by atoms with Crippen LogP contribution in [-0.2, 0) is 16.0 Å². The number of nitrogens with one attached hydrogen (secondary N) is 1. The van der Waals surface area contributed by atoms with E-state index in [1.54, 1.807) is 0 Å². The Morgan fingerprint density at radius 2 is 2.00 bits per heavy atom. The van der Waals surface area contributed by atoms with Crippen molar-refractivity contribution in [3.8, 4) is 0 Å². The fourth-order valence-corrected chi connectivity index (χ4v) is 3.99. The van der Waals surface area contributed by atoms with Crippen LogP contribution in [0.2, 0.25) is 0 Å². The maximum Gasteiger partial charge on any atom is 0.234 e. The molecule has 0 unspecified atom stereocenters. The van der Waals surface area contributed by atoms with Crippen molar-refractivity contribution in [3.63, 3.8) is 0 Å². The predicted molar refractivity (Wildman–Crippen MR) is 93.5 cm³/mol. The number of carbonyl (C=O) groups excluding carboxylic acids is 2. The van der Waals surface area contributed by atoms with Crippen molar-refractivity contribution in [3.05, 3.63) is 35.9 Å². The van der Waals surface area contributed by atoms with Crippen molar-refractivity contribution in [1.29, 1.82) is 0 Å². The standard InChI is InChI=1S/C19H27N3O2/c1-21-12-5-9-19(18(21)24)10-13-22(15-19)14-17(23)20-11-8-16-6-3-2-4-7-16/h2-4,6-7H,5,8-15H2,1H3,(H,20,23)/t19-/m1/s1. The van der Waals surface area contributed by atoms with Crippen LogP contribution in [0.15, 0.2) is 30.3 Å². The summed E-state index contributed by atoms with van der Waals surface area (Å²) in [4.78, 5) is 28.7. The summed E-state index contributed by atoms with van der Waals surface area (Å²) in [6, 6.07) is 10.2. The smallest absolute Gasteiger partial charge is 0.234 e. The second-order valence-electron chi connectivity index (χ2n) is 7.16. The van der Waals surface area contributed by atoms with Gasteiger partial charge in [-0.25, -0.2) is 0 Å². The lowest BCUT2D eigenvalue weighted by atomic mass is 9.78. The molecule has 0 aliphatic carbocycles. The molecule has 130 valence electrons. The molecule has 5 nitrogen and oxygen atoms in total. The first-order valence-electron chi connectivity index (χ1n) is 8.88. The van der Waals surface area contributed by atoms with E-state index in [4.69, 9.17) is 0 Å². The van der Waals surface area contributed by atoms with E-state index in [1.807, 2.05) is 30.1 Å². The maximum atomic E-state index is 12.5. The van der Waals surface area contributed by atoms with Gasteiger partial charge in [0.15, 0.2) is 0 Å². The molecule has 2 aliphatic rings. The number of amides is 2. The minimum Gasteiger partial charge on any atom is -0.355 e. The zero-order valence-electron chi connectivity index (χ0n) is 14.5. The predicted octanol–water partition coefficient (Wildman–Crippen LogP) is 1.29. The SMILES string of the molecule is CN1CCC[C@]2(CCN(CC(=O)NCCc3ccccc3)C2)C1=O. The Morgan fingerprint density at radius 1 is 1.21 bits per heavy atom. The Morgan fingerprint density at radius 3 is 2.79 bits per heavy atom. The van der Waals surface area contributed by atoms with Gasteiger partial charge in [0, 0.05) is 26.7 Å². The van der Waals surface area contributed by atoms with Gasteiger partial charge in [-0.1, -0.05) is 30.3 Å². The van der Waals surface area contributed by atoms with Gasteiger partial charge in [0.25, 0.3) is 0 Å². The third-order valence-electron chi connectivity index (χ3n) is 5.33. The van der Waals surface area contributed by atoms with E-state index in [2.05, 4.69) is 22.3 Å². The van der Waals surface area contributed by atoms with E-state index in [9.17, 15) is 9.59 Å². The summed E-state index contributed by atoms with van der Waals surface area (Å²) in [6.45, 7) is 3.48. The minimum atomic E-state index is -0.239. The molecule has 2 heterocycles. The van der Waals surface area contributed by atoms with Crippen molar-refractivity contribution in [2.75, 3.05) is 39.8 Å². The van der Waals surface area contributed by atoms with Crippen LogP contribution in [0.5, 0.6) is 0 Å². The number of carbonyl (C=O) groups is 2. The van der Waals surface area contributed by atoms with Gasteiger partial charge in [-0.05, 0) is 37.8 Å². The van der Waals surface area contributed by atoms with Crippen molar-refractivity contribution >= 4 is 11.8 Å². The first-order valence-corrected chi connectivity index (χ1v) is 8.88. The van der Waals surface area contributed by atoms with Gasteiger partial charge in [-0.3, -0.25) is 14.5 Å². The quantitative estimate of drug-likeness (QED) is 0.886. The highest BCUT2D eigenvalue weighted by molar-refractivity contribution is 5.84. The van der Waals surface area contributed by atoms with E-state index in [0.29, 0.717) is 13.1 Å². The monoisotopic (exact) mass is 329 g/mol. The Bertz CT molecular complexity index is 590. The van der Waals surface area contributed by atoms with Crippen LogP contribution in [0.3, 0.4) is 0 Å². The summed E-state index contributed by atoms with van der Waals surface area (Å²) < 4.78 is 0. The molecule has 2 saturated heterocycles. The van der Waals surface area contributed by atoms with E-state index in [1.165, 1.54) is 5.56 Å². The lowest BCUT2D eigenvalue weighted by Crippen LogP contribution is -2.48. The fraction of sp³-hybridized carbons (Fsp3) is 0.579. The highest BCUT2D eigenvalue weighted by Crippen LogP contribution is 2.39. The second-order valence-corrected chi connectivity index (χ2v) is 7.16. The summed E-state index contributed by atoms with van der Waals surface area (Å²) in [6.07, 6.45) is 3.76. The Kier molecular flexibility index (Phi) is 5.19. The molecule has 2 fully saturated rings. The highest BCUT2D eigenvalue weighted by Gasteiger charge is 2.47. The van der Waals surface area contributed by atoms with E-state index < -0.39 is 0 Å². The van der Waals surface area contributed by atoms with Gasteiger partial charge in [-0.15, -0.1) is 0 Å². The molecule has 2 aliphatic heterocycles. The summed E-state index contributed by atoms with van der Waals surface area (Å²) in [5.41, 5.74) is 0.992. The lowest BCUT2D eigenvalue weighted by molar-refractivity contribution is -0.144. The molecule has 3 rings (SSSR count). The van der Waals surface area contributed by atoms with Crippen molar-refractivity contribution in [1.82, 2.24) is 15.1 Å². The highest BCUT2D eigenvalue weighted by atomic mass is 16.2. The topological polar surface area (TPSA) is 52.6 Å². The molecule has 1 N–H and O–H groups in total. The first kappa shape index (κ1) is 17.0. The van der Waals surface area contributed by atoms with Crippen LogP contribution in [0.1, 0.15) is 24.8 Å². The van der Waals surface area contributed by atoms with Gasteiger partial charge in [-0.2, -0.15) is 0 Å². The Balaban J connectivity index is 1.43. The fourth-order valence-electron chi connectivity index (χ4n) is 3.99. The number of nitrogens with zero attached hydrogens (tertiary/aromatic N) is 2. The number of hydrogen-bond acceptors (Lipinski definition) is 3. The summed E-state index contributed by atoms with van der Waals surface area (Å²) in [5.74, 6) is 0.320. The molecule has 0 bridgehead atoms. The van der Waals surface area contributed by atoms with Crippen molar-refractivity contribution in [2.45, 2.75) is 25.7 Å². The van der Waals surface area contributed by atoms with Gasteiger partial charge < -0.3 is 10.2 Å². The number of benzene rings is 1. The molecule has 5 heteroatoms. The minimum absolute atomic E-state index is 0.0552. The largest absolute Gasteiger partial charge is 0.355 e. The first-order chi connectivity index (χ1) is 11.6. The van der Waals surface area contributed by atoms with Gasteiger partial charge in [0.2, 0.25) is 11.8 Å². The number of likely N-dealkylation sites (tertiary alicyclic amines) is 2.